The van der Waals surface area contributed by atoms with Gasteiger partial charge in [-0.1, -0.05) is 0 Å². The van der Waals surface area contributed by atoms with Crippen molar-refractivity contribution in [3.63, 3.8) is 0 Å². The van der Waals surface area contributed by atoms with Crippen molar-refractivity contribution in [2.45, 2.75) is 13.3 Å². The van der Waals surface area contributed by atoms with E-state index in [1.54, 1.807) is 6.92 Å². The summed E-state index contributed by atoms with van der Waals surface area (Å²) >= 11 is 0. The molecule has 4 heteroatoms. The number of ether oxygens (including phenoxy) is 2. The lowest BCUT2D eigenvalue weighted by Gasteiger charge is -2.17. The second-order valence-corrected chi connectivity index (χ2v) is 2.39. The number of hydrogen-bond donors (Lipinski definition) is 1. The zero-order chi connectivity index (χ0) is 8.81. The van der Waals surface area contributed by atoms with Crippen molar-refractivity contribution >= 4 is 5.97 Å². The van der Waals surface area contributed by atoms with Crippen molar-refractivity contribution in [2.75, 3.05) is 19.8 Å². The van der Waals surface area contributed by atoms with Crippen LogP contribution in [-0.2, 0) is 14.3 Å². The summed E-state index contributed by atoms with van der Waals surface area (Å²) in [6.45, 7) is 3.68. The minimum atomic E-state index is -0.359. The summed E-state index contributed by atoms with van der Waals surface area (Å²) < 4.78 is 9.85. The van der Waals surface area contributed by atoms with Crippen LogP contribution in [0.15, 0.2) is 12.0 Å². The van der Waals surface area contributed by atoms with Gasteiger partial charge in [-0.3, -0.25) is 0 Å². The van der Waals surface area contributed by atoms with Crippen molar-refractivity contribution in [1.82, 2.24) is 5.32 Å². The lowest BCUT2D eigenvalue weighted by Crippen LogP contribution is -2.25. The number of hydrogen-bond acceptors (Lipinski definition) is 4. The van der Waals surface area contributed by atoms with Gasteiger partial charge in [-0.2, -0.15) is 0 Å². The fourth-order valence-corrected chi connectivity index (χ4v) is 0.901. The molecule has 0 atom stereocenters. The molecule has 1 heterocycles. The largest absolute Gasteiger partial charge is 0.479 e. The Morgan fingerprint density at radius 1 is 1.83 bits per heavy atom. The molecule has 0 saturated carbocycles. The third kappa shape index (κ3) is 2.82. The number of rotatable bonds is 2. The van der Waals surface area contributed by atoms with Crippen LogP contribution in [0, 0.1) is 0 Å². The van der Waals surface area contributed by atoms with E-state index >= 15 is 0 Å². The third-order valence-corrected chi connectivity index (χ3v) is 1.41. The Labute approximate surface area is 71.5 Å². The maximum Gasteiger partial charge on any atom is 0.336 e. The first-order chi connectivity index (χ1) is 5.83. The minimum Gasteiger partial charge on any atom is -0.479 e. The molecular weight excluding hydrogens is 158 g/mol. The molecule has 68 valence electrons. The van der Waals surface area contributed by atoms with E-state index in [1.807, 2.05) is 0 Å². The van der Waals surface area contributed by atoms with Gasteiger partial charge in [-0.15, -0.1) is 0 Å². The van der Waals surface area contributed by atoms with Crippen LogP contribution in [0.2, 0.25) is 0 Å². The summed E-state index contributed by atoms with van der Waals surface area (Å²) in [6.07, 6.45) is 2.31. The van der Waals surface area contributed by atoms with E-state index in [1.165, 1.54) is 6.08 Å². The van der Waals surface area contributed by atoms with Crippen LogP contribution < -0.4 is 5.32 Å². The predicted octanol–water partition coefficient (Wildman–Crippen LogP) is 0.401. The second-order valence-electron chi connectivity index (χ2n) is 2.39. The molecule has 1 aliphatic rings. The van der Waals surface area contributed by atoms with Gasteiger partial charge in [-0.05, 0) is 13.3 Å². The Balaban J connectivity index is 2.37. The molecule has 1 fully saturated rings. The zero-order valence-corrected chi connectivity index (χ0v) is 7.13. The SMILES string of the molecule is CCOC(=O)/C=C1/NCCCO1. The summed E-state index contributed by atoms with van der Waals surface area (Å²) in [5.41, 5.74) is 0. The van der Waals surface area contributed by atoms with E-state index in [-0.39, 0.29) is 5.97 Å². The zero-order valence-electron chi connectivity index (χ0n) is 7.13. The topological polar surface area (TPSA) is 47.6 Å². The highest BCUT2D eigenvalue weighted by atomic mass is 16.5. The van der Waals surface area contributed by atoms with E-state index < -0.39 is 0 Å². The summed E-state index contributed by atoms with van der Waals surface area (Å²) in [4.78, 5) is 10.9. The van der Waals surface area contributed by atoms with E-state index in [9.17, 15) is 4.79 Å². The number of nitrogens with one attached hydrogen (secondary N) is 1. The highest BCUT2D eigenvalue weighted by molar-refractivity contribution is 5.82. The van der Waals surface area contributed by atoms with Gasteiger partial charge >= 0.3 is 5.97 Å². The van der Waals surface area contributed by atoms with Crippen LogP contribution >= 0.6 is 0 Å². The molecule has 0 spiro atoms. The molecular formula is C8H13NO3. The number of esters is 1. The molecule has 0 aromatic heterocycles. The van der Waals surface area contributed by atoms with Gasteiger partial charge in [0.1, 0.15) is 0 Å². The van der Waals surface area contributed by atoms with E-state index in [0.717, 1.165) is 13.0 Å². The highest BCUT2D eigenvalue weighted by Crippen LogP contribution is 2.00. The van der Waals surface area contributed by atoms with Crippen molar-refractivity contribution in [1.29, 1.82) is 0 Å². The van der Waals surface area contributed by atoms with Crippen LogP contribution in [0.4, 0.5) is 0 Å². The molecule has 0 radical (unpaired) electrons. The Hall–Kier alpha value is -1.19. The van der Waals surface area contributed by atoms with Crippen LogP contribution in [0.25, 0.3) is 0 Å². The van der Waals surface area contributed by atoms with E-state index in [4.69, 9.17) is 9.47 Å². The van der Waals surface area contributed by atoms with Gasteiger partial charge in [0.15, 0.2) is 5.88 Å². The van der Waals surface area contributed by atoms with Gasteiger partial charge in [0, 0.05) is 6.54 Å². The lowest BCUT2D eigenvalue weighted by atomic mass is 10.4. The van der Waals surface area contributed by atoms with Crippen LogP contribution in [0.3, 0.4) is 0 Å². The Kier molecular flexibility index (Phi) is 3.44. The first-order valence-electron chi connectivity index (χ1n) is 4.08. The van der Waals surface area contributed by atoms with Crippen molar-refractivity contribution in [2.24, 2.45) is 0 Å². The molecule has 1 aliphatic heterocycles. The second kappa shape index (κ2) is 4.64. The highest BCUT2D eigenvalue weighted by Gasteiger charge is 2.06. The Morgan fingerprint density at radius 3 is 3.25 bits per heavy atom. The summed E-state index contributed by atoms with van der Waals surface area (Å²) in [5.74, 6) is 0.154. The van der Waals surface area contributed by atoms with Gasteiger partial charge in [0.2, 0.25) is 0 Å². The number of carbonyl (C=O) groups is 1. The number of carbonyl (C=O) groups excluding carboxylic acids is 1. The molecule has 0 aromatic carbocycles. The third-order valence-electron chi connectivity index (χ3n) is 1.41. The molecule has 12 heavy (non-hydrogen) atoms. The Morgan fingerprint density at radius 2 is 2.67 bits per heavy atom. The van der Waals surface area contributed by atoms with E-state index in [2.05, 4.69) is 5.32 Å². The van der Waals surface area contributed by atoms with Gasteiger partial charge in [-0.25, -0.2) is 4.79 Å². The first-order valence-corrected chi connectivity index (χ1v) is 4.08. The average molecular weight is 171 g/mol. The predicted molar refractivity (Wildman–Crippen MR) is 43.3 cm³/mol. The van der Waals surface area contributed by atoms with E-state index in [0.29, 0.717) is 19.1 Å². The summed E-state index contributed by atoms with van der Waals surface area (Å²) in [5, 5.41) is 2.95. The van der Waals surface area contributed by atoms with Gasteiger partial charge in [0.25, 0.3) is 0 Å². The normalized spacial score (nSPS) is 19.6. The maximum atomic E-state index is 10.9. The molecule has 0 amide bonds. The standard InChI is InChI=1S/C8H13NO3/c1-2-11-8(10)6-7-9-4-3-5-12-7/h6,9H,2-5H2,1H3/b7-6-. The summed E-state index contributed by atoms with van der Waals surface area (Å²) in [6, 6.07) is 0. The lowest BCUT2D eigenvalue weighted by molar-refractivity contribution is -0.137. The quantitative estimate of drug-likeness (QED) is 0.482. The smallest absolute Gasteiger partial charge is 0.336 e. The minimum absolute atomic E-state index is 0.359. The molecule has 0 aromatic rings. The Bertz CT molecular complexity index is 181. The fourth-order valence-electron chi connectivity index (χ4n) is 0.901. The van der Waals surface area contributed by atoms with Crippen molar-refractivity contribution in [3.8, 4) is 0 Å². The van der Waals surface area contributed by atoms with Crippen LogP contribution in [0.5, 0.6) is 0 Å². The van der Waals surface area contributed by atoms with Gasteiger partial charge in [0.05, 0.1) is 19.3 Å². The molecule has 4 nitrogen and oxygen atoms in total. The van der Waals surface area contributed by atoms with Crippen molar-refractivity contribution < 1.29 is 14.3 Å². The molecule has 0 aliphatic carbocycles. The van der Waals surface area contributed by atoms with Crippen LogP contribution in [0.1, 0.15) is 13.3 Å². The molecule has 0 unspecified atom stereocenters. The summed E-state index contributed by atoms with van der Waals surface area (Å²) in [7, 11) is 0. The first kappa shape index (κ1) is 8.90. The maximum absolute atomic E-state index is 10.9. The van der Waals surface area contributed by atoms with Crippen molar-refractivity contribution in [3.05, 3.63) is 12.0 Å². The van der Waals surface area contributed by atoms with Crippen LogP contribution in [-0.4, -0.2) is 25.7 Å². The molecule has 1 rings (SSSR count). The van der Waals surface area contributed by atoms with Gasteiger partial charge < -0.3 is 14.8 Å². The average Bonchev–Trinajstić information content (AvgIpc) is 2.06. The molecule has 0 bridgehead atoms. The molecule has 1 N–H and O–H groups in total. The fraction of sp³-hybridized carbons (Fsp3) is 0.625. The monoisotopic (exact) mass is 171 g/mol. The molecule has 1 saturated heterocycles.